The van der Waals surface area contributed by atoms with E-state index >= 15 is 0 Å². The van der Waals surface area contributed by atoms with Crippen molar-refractivity contribution in [3.8, 4) is 0 Å². The smallest absolute Gasteiger partial charge is 0.321 e. The summed E-state index contributed by atoms with van der Waals surface area (Å²) >= 11 is 0. The number of aryl methyl sites for hydroxylation is 1. The first kappa shape index (κ1) is 13.9. The number of nitrogens with zero attached hydrogens (tertiary/aromatic N) is 3. The van der Waals surface area contributed by atoms with Gasteiger partial charge in [-0.05, 0) is 19.4 Å². The van der Waals surface area contributed by atoms with E-state index in [1.807, 2.05) is 31.2 Å². The Labute approximate surface area is 116 Å². The summed E-state index contributed by atoms with van der Waals surface area (Å²) in [5, 5.41) is 7.56. The molecule has 0 spiro atoms. The first-order chi connectivity index (χ1) is 9.54. The van der Waals surface area contributed by atoms with Crippen LogP contribution in [0.15, 0.2) is 24.3 Å². The molecule has 0 saturated carbocycles. The Balaban J connectivity index is 2.47. The van der Waals surface area contributed by atoms with E-state index in [1.54, 1.807) is 6.92 Å². The maximum Gasteiger partial charge on any atom is 0.321 e. The maximum absolute atomic E-state index is 12.2. The molecule has 4 N–H and O–H groups in total. The highest BCUT2D eigenvalue weighted by Crippen LogP contribution is 2.25. The third-order valence-corrected chi connectivity index (χ3v) is 2.94. The Morgan fingerprint density at radius 2 is 2.00 bits per heavy atom. The number of hydrogen-bond donors (Lipinski definition) is 2. The fourth-order valence-corrected chi connectivity index (χ4v) is 1.89. The molecule has 106 valence electrons. The van der Waals surface area contributed by atoms with Gasteiger partial charge in [-0.2, -0.15) is 0 Å². The summed E-state index contributed by atoms with van der Waals surface area (Å²) in [6, 6.07) is 7.48. The van der Waals surface area contributed by atoms with Crippen molar-refractivity contribution in [2.45, 2.75) is 19.8 Å². The Morgan fingerprint density at radius 3 is 2.50 bits per heavy atom. The van der Waals surface area contributed by atoms with Crippen molar-refractivity contribution in [1.82, 2.24) is 14.9 Å². The van der Waals surface area contributed by atoms with Crippen LogP contribution in [0.3, 0.4) is 0 Å². The van der Waals surface area contributed by atoms with Gasteiger partial charge < -0.3 is 16.3 Å². The lowest BCUT2D eigenvalue weighted by molar-refractivity contribution is -0.144. The lowest BCUT2D eigenvalue weighted by atomic mass is 9.97. The molecule has 2 rings (SSSR count). The van der Waals surface area contributed by atoms with E-state index in [9.17, 15) is 4.79 Å². The van der Waals surface area contributed by atoms with Crippen LogP contribution in [0.4, 0.5) is 5.95 Å². The van der Waals surface area contributed by atoms with Crippen molar-refractivity contribution in [3.63, 3.8) is 0 Å². The van der Waals surface area contributed by atoms with Crippen molar-refractivity contribution in [2.75, 3.05) is 18.2 Å². The molecule has 20 heavy (non-hydrogen) atoms. The number of anilines is 1. The highest BCUT2D eigenvalue weighted by molar-refractivity contribution is 5.81. The summed E-state index contributed by atoms with van der Waals surface area (Å²) in [7, 11) is 0. The van der Waals surface area contributed by atoms with Crippen molar-refractivity contribution >= 4 is 11.9 Å². The van der Waals surface area contributed by atoms with Gasteiger partial charge >= 0.3 is 5.97 Å². The van der Waals surface area contributed by atoms with E-state index in [0.29, 0.717) is 0 Å². The molecule has 0 saturated heterocycles. The van der Waals surface area contributed by atoms with Crippen LogP contribution in [0.25, 0.3) is 0 Å². The number of esters is 1. The second-order valence-corrected chi connectivity index (χ2v) is 4.38. The second-order valence-electron chi connectivity index (χ2n) is 4.38. The van der Waals surface area contributed by atoms with Gasteiger partial charge in [0.25, 0.3) is 0 Å². The van der Waals surface area contributed by atoms with E-state index in [1.165, 1.54) is 0 Å². The normalized spacial score (nSPS) is 12.1. The van der Waals surface area contributed by atoms with E-state index in [2.05, 4.69) is 10.2 Å². The zero-order valence-corrected chi connectivity index (χ0v) is 11.4. The number of nitrogens with two attached hydrogens (primary N) is 2. The third kappa shape index (κ3) is 2.56. The number of nitrogen functional groups attached to an aromatic ring is 2. The molecule has 0 aliphatic heterocycles. The number of ether oxygens (including phenoxy) is 1. The fourth-order valence-electron chi connectivity index (χ4n) is 1.89. The molecule has 0 amide bonds. The molecule has 1 aromatic carbocycles. The molecule has 0 fully saturated rings. The summed E-state index contributed by atoms with van der Waals surface area (Å²) in [6.07, 6.45) is 0. The average molecular weight is 275 g/mol. The Kier molecular flexibility index (Phi) is 3.88. The topological polar surface area (TPSA) is 109 Å². The lowest BCUT2D eigenvalue weighted by Gasteiger charge is -2.15. The molecule has 1 heterocycles. The summed E-state index contributed by atoms with van der Waals surface area (Å²) in [5.74, 6) is 4.88. The molecule has 1 unspecified atom stereocenters. The van der Waals surface area contributed by atoms with Gasteiger partial charge in [-0.3, -0.25) is 4.79 Å². The largest absolute Gasteiger partial charge is 0.465 e. The number of aromatic nitrogens is 3. The van der Waals surface area contributed by atoms with Crippen LogP contribution in [0, 0.1) is 6.92 Å². The summed E-state index contributed by atoms with van der Waals surface area (Å²) in [5.41, 5.74) is 7.38. The standard InChI is InChI=1S/C13H17N5O2/c1-3-20-12(19)10(9-6-4-8(2)5-7-9)11-16-17-13(14)18(11)15/h4-7,10H,3,15H2,1-2H3,(H2,14,17). The van der Waals surface area contributed by atoms with E-state index in [4.69, 9.17) is 16.3 Å². The number of carbonyl (C=O) groups excluding carboxylic acids is 1. The van der Waals surface area contributed by atoms with E-state index in [0.717, 1.165) is 15.8 Å². The van der Waals surface area contributed by atoms with Gasteiger partial charge in [-0.1, -0.05) is 29.8 Å². The number of benzene rings is 1. The van der Waals surface area contributed by atoms with Gasteiger partial charge in [-0.25, -0.2) is 4.68 Å². The first-order valence-electron chi connectivity index (χ1n) is 6.23. The predicted octanol–water partition coefficient (Wildman–Crippen LogP) is 0.578. The Hall–Kier alpha value is -2.57. The molecule has 1 atom stereocenters. The molecule has 1 aromatic heterocycles. The molecule has 0 radical (unpaired) electrons. The maximum atomic E-state index is 12.2. The summed E-state index contributed by atoms with van der Waals surface area (Å²) in [6.45, 7) is 3.98. The molecular formula is C13H17N5O2. The zero-order valence-electron chi connectivity index (χ0n) is 11.4. The monoisotopic (exact) mass is 275 g/mol. The highest BCUT2D eigenvalue weighted by Gasteiger charge is 2.29. The molecule has 0 aliphatic rings. The van der Waals surface area contributed by atoms with Crippen molar-refractivity contribution in [2.24, 2.45) is 0 Å². The van der Waals surface area contributed by atoms with Crippen LogP contribution < -0.4 is 11.6 Å². The SMILES string of the molecule is CCOC(=O)C(c1ccc(C)cc1)c1nnc(N)n1N. The van der Waals surface area contributed by atoms with Gasteiger partial charge in [0.2, 0.25) is 5.95 Å². The molecule has 0 aliphatic carbocycles. The van der Waals surface area contributed by atoms with Crippen LogP contribution in [0.5, 0.6) is 0 Å². The molecule has 0 bridgehead atoms. The number of rotatable bonds is 4. The predicted molar refractivity (Wildman–Crippen MR) is 74.2 cm³/mol. The summed E-state index contributed by atoms with van der Waals surface area (Å²) < 4.78 is 6.19. The minimum Gasteiger partial charge on any atom is -0.465 e. The van der Waals surface area contributed by atoms with Crippen LogP contribution in [0.1, 0.15) is 29.8 Å². The van der Waals surface area contributed by atoms with Crippen LogP contribution in [-0.4, -0.2) is 27.4 Å². The van der Waals surface area contributed by atoms with Crippen LogP contribution in [-0.2, 0) is 9.53 Å². The first-order valence-corrected chi connectivity index (χ1v) is 6.23. The van der Waals surface area contributed by atoms with Crippen LogP contribution in [0.2, 0.25) is 0 Å². The second kappa shape index (κ2) is 5.60. The quantitative estimate of drug-likeness (QED) is 0.624. The minimum atomic E-state index is -0.745. The van der Waals surface area contributed by atoms with Gasteiger partial charge in [0.05, 0.1) is 6.61 Å². The van der Waals surface area contributed by atoms with Crippen molar-refractivity contribution < 1.29 is 9.53 Å². The van der Waals surface area contributed by atoms with Crippen LogP contribution >= 0.6 is 0 Å². The Morgan fingerprint density at radius 1 is 1.35 bits per heavy atom. The van der Waals surface area contributed by atoms with E-state index in [-0.39, 0.29) is 18.4 Å². The zero-order chi connectivity index (χ0) is 14.7. The Bertz CT molecular complexity index is 606. The third-order valence-electron chi connectivity index (χ3n) is 2.94. The van der Waals surface area contributed by atoms with Gasteiger partial charge in [0.1, 0.15) is 5.92 Å². The van der Waals surface area contributed by atoms with Crippen molar-refractivity contribution in [3.05, 3.63) is 41.2 Å². The highest BCUT2D eigenvalue weighted by atomic mass is 16.5. The average Bonchev–Trinajstić information content (AvgIpc) is 2.74. The molecule has 7 nitrogen and oxygen atoms in total. The molecule has 2 aromatic rings. The van der Waals surface area contributed by atoms with Crippen molar-refractivity contribution in [1.29, 1.82) is 0 Å². The minimum absolute atomic E-state index is 0.0430. The van der Waals surface area contributed by atoms with E-state index < -0.39 is 11.9 Å². The summed E-state index contributed by atoms with van der Waals surface area (Å²) in [4.78, 5) is 12.2. The van der Waals surface area contributed by atoms with Gasteiger partial charge in [0.15, 0.2) is 5.82 Å². The van der Waals surface area contributed by atoms with Gasteiger partial charge in [-0.15, -0.1) is 10.2 Å². The molecule has 7 heteroatoms. The number of hydrogen-bond acceptors (Lipinski definition) is 6. The fraction of sp³-hybridized carbons (Fsp3) is 0.308. The number of carbonyl (C=O) groups is 1. The molecular weight excluding hydrogens is 258 g/mol. The lowest BCUT2D eigenvalue weighted by Crippen LogP contribution is -2.25. The van der Waals surface area contributed by atoms with Gasteiger partial charge in [0, 0.05) is 0 Å².